The summed E-state index contributed by atoms with van der Waals surface area (Å²) in [5.41, 5.74) is 2.15. The molecule has 0 saturated heterocycles. The van der Waals surface area contributed by atoms with Crippen molar-refractivity contribution in [3.8, 4) is 5.75 Å². The highest BCUT2D eigenvalue weighted by atomic mass is 16.5. The molecule has 0 atom stereocenters. The molecule has 13 heavy (non-hydrogen) atoms. The smallest absolute Gasteiger partial charge is 0.122 e. The number of hydrogen-bond donors (Lipinski definition) is 1. The molecule has 1 N–H and O–H groups in total. The van der Waals surface area contributed by atoms with Gasteiger partial charge in [-0.2, -0.15) is 0 Å². The maximum Gasteiger partial charge on any atom is 0.122 e. The zero-order valence-electron chi connectivity index (χ0n) is 8.29. The third kappa shape index (κ3) is 2.01. The van der Waals surface area contributed by atoms with Crippen LogP contribution in [-0.4, -0.2) is 18.8 Å². The minimum absolute atomic E-state index is 0.0913. The Labute approximate surface area is 79.2 Å². The van der Waals surface area contributed by atoms with Gasteiger partial charge >= 0.3 is 0 Å². The van der Waals surface area contributed by atoms with E-state index in [9.17, 15) is 0 Å². The maximum atomic E-state index is 9.00. The summed E-state index contributed by atoms with van der Waals surface area (Å²) in [4.78, 5) is 0. The standard InChI is InChI=1S/C11H15O2/c1-8(7-12)10-5-4-6-11(13-3)9(10)2/h4-6,12H,7H2,1-3H3. The lowest BCUT2D eigenvalue weighted by atomic mass is 9.97. The van der Waals surface area contributed by atoms with Crippen LogP contribution in [-0.2, 0) is 0 Å². The molecule has 1 rings (SSSR count). The molecule has 0 fully saturated rings. The summed E-state index contributed by atoms with van der Waals surface area (Å²) in [6, 6.07) is 5.84. The Morgan fingerprint density at radius 3 is 2.69 bits per heavy atom. The highest BCUT2D eigenvalue weighted by Gasteiger charge is 2.10. The van der Waals surface area contributed by atoms with Crippen molar-refractivity contribution in [2.75, 3.05) is 13.7 Å². The molecule has 0 aliphatic rings. The van der Waals surface area contributed by atoms with Crippen molar-refractivity contribution in [3.05, 3.63) is 35.2 Å². The van der Waals surface area contributed by atoms with Gasteiger partial charge in [-0.3, -0.25) is 0 Å². The van der Waals surface area contributed by atoms with Crippen molar-refractivity contribution in [2.24, 2.45) is 0 Å². The maximum absolute atomic E-state index is 9.00. The van der Waals surface area contributed by atoms with E-state index in [2.05, 4.69) is 0 Å². The molecule has 0 spiro atoms. The van der Waals surface area contributed by atoms with Gasteiger partial charge in [0.15, 0.2) is 0 Å². The van der Waals surface area contributed by atoms with Crippen LogP contribution in [0.25, 0.3) is 0 Å². The van der Waals surface area contributed by atoms with E-state index in [0.29, 0.717) is 0 Å². The van der Waals surface area contributed by atoms with E-state index in [-0.39, 0.29) is 6.61 Å². The summed E-state index contributed by atoms with van der Waals surface area (Å²) in [5, 5.41) is 9.00. The van der Waals surface area contributed by atoms with Crippen molar-refractivity contribution in [2.45, 2.75) is 13.8 Å². The van der Waals surface area contributed by atoms with Crippen LogP contribution in [0.2, 0.25) is 0 Å². The zero-order chi connectivity index (χ0) is 9.84. The molecule has 0 amide bonds. The molecule has 0 unspecified atom stereocenters. The second-order valence-corrected chi connectivity index (χ2v) is 3.07. The Morgan fingerprint density at radius 1 is 1.46 bits per heavy atom. The number of aliphatic hydroxyl groups excluding tert-OH is 1. The van der Waals surface area contributed by atoms with Gasteiger partial charge in [-0.05, 0) is 24.1 Å². The third-order valence-corrected chi connectivity index (χ3v) is 2.20. The van der Waals surface area contributed by atoms with Crippen LogP contribution in [0, 0.1) is 12.8 Å². The Balaban J connectivity index is 3.08. The van der Waals surface area contributed by atoms with Crippen LogP contribution in [0.3, 0.4) is 0 Å². The van der Waals surface area contributed by atoms with Crippen LogP contribution < -0.4 is 4.74 Å². The van der Waals surface area contributed by atoms with Crippen molar-refractivity contribution in [1.82, 2.24) is 0 Å². The Hall–Kier alpha value is -1.02. The minimum Gasteiger partial charge on any atom is -0.496 e. The lowest BCUT2D eigenvalue weighted by molar-refractivity contribution is 0.314. The number of aliphatic hydroxyl groups is 1. The topological polar surface area (TPSA) is 29.5 Å². The van der Waals surface area contributed by atoms with Crippen LogP contribution in [0.4, 0.5) is 0 Å². The van der Waals surface area contributed by atoms with E-state index in [4.69, 9.17) is 9.84 Å². The van der Waals surface area contributed by atoms with E-state index in [1.807, 2.05) is 32.0 Å². The fraction of sp³-hybridized carbons (Fsp3) is 0.364. The number of benzene rings is 1. The van der Waals surface area contributed by atoms with Gasteiger partial charge < -0.3 is 9.84 Å². The second-order valence-electron chi connectivity index (χ2n) is 3.07. The third-order valence-electron chi connectivity index (χ3n) is 2.20. The van der Waals surface area contributed by atoms with E-state index in [1.54, 1.807) is 7.11 Å². The van der Waals surface area contributed by atoms with Crippen LogP contribution in [0.5, 0.6) is 5.75 Å². The second kappa shape index (κ2) is 4.28. The molecule has 0 aromatic heterocycles. The molecule has 1 aromatic carbocycles. The first-order valence-electron chi connectivity index (χ1n) is 4.28. The molecule has 0 saturated carbocycles. The van der Waals surface area contributed by atoms with Gasteiger partial charge in [0, 0.05) is 5.92 Å². The first-order chi connectivity index (χ1) is 6.20. The normalized spacial score (nSPS) is 10.5. The quantitative estimate of drug-likeness (QED) is 0.768. The number of ether oxygens (including phenoxy) is 1. The van der Waals surface area contributed by atoms with Crippen LogP contribution in [0.15, 0.2) is 18.2 Å². The molecule has 2 heteroatoms. The van der Waals surface area contributed by atoms with E-state index in [0.717, 1.165) is 22.8 Å². The van der Waals surface area contributed by atoms with Gasteiger partial charge in [0.05, 0.1) is 13.7 Å². The predicted molar refractivity (Wildman–Crippen MR) is 52.8 cm³/mol. The molecule has 0 bridgehead atoms. The summed E-state index contributed by atoms with van der Waals surface area (Å²) in [6.07, 6.45) is 0. The zero-order valence-corrected chi connectivity index (χ0v) is 8.29. The summed E-state index contributed by atoms with van der Waals surface area (Å²) in [5.74, 6) is 1.83. The van der Waals surface area contributed by atoms with Crippen molar-refractivity contribution in [3.63, 3.8) is 0 Å². The van der Waals surface area contributed by atoms with E-state index in [1.165, 1.54) is 0 Å². The molecule has 0 heterocycles. The fourth-order valence-electron chi connectivity index (χ4n) is 1.38. The molecule has 1 radical (unpaired) electrons. The largest absolute Gasteiger partial charge is 0.496 e. The van der Waals surface area contributed by atoms with Crippen LogP contribution in [0.1, 0.15) is 18.1 Å². The lowest BCUT2D eigenvalue weighted by Gasteiger charge is -2.13. The fourth-order valence-corrected chi connectivity index (χ4v) is 1.38. The van der Waals surface area contributed by atoms with Crippen molar-refractivity contribution >= 4 is 0 Å². The monoisotopic (exact) mass is 179 g/mol. The Kier molecular flexibility index (Phi) is 3.32. The molecule has 0 aliphatic carbocycles. The SMILES string of the molecule is COc1cccc([C](C)CO)c1C. The minimum atomic E-state index is 0.0913. The van der Waals surface area contributed by atoms with Gasteiger partial charge in [0.2, 0.25) is 0 Å². The lowest BCUT2D eigenvalue weighted by Crippen LogP contribution is -2.03. The summed E-state index contributed by atoms with van der Waals surface area (Å²) >= 11 is 0. The summed E-state index contributed by atoms with van der Waals surface area (Å²) < 4.78 is 5.19. The number of methoxy groups -OCH3 is 1. The molecule has 71 valence electrons. The van der Waals surface area contributed by atoms with Gasteiger partial charge in [0.25, 0.3) is 0 Å². The van der Waals surface area contributed by atoms with E-state index < -0.39 is 0 Å². The van der Waals surface area contributed by atoms with Crippen molar-refractivity contribution < 1.29 is 9.84 Å². The Bertz CT molecular complexity index is 281. The molecule has 0 aliphatic heterocycles. The number of rotatable bonds is 3. The molecule has 2 nitrogen and oxygen atoms in total. The van der Waals surface area contributed by atoms with Crippen molar-refractivity contribution in [1.29, 1.82) is 0 Å². The predicted octanol–water partition coefficient (Wildman–Crippen LogP) is 1.94. The van der Waals surface area contributed by atoms with Crippen LogP contribution >= 0.6 is 0 Å². The van der Waals surface area contributed by atoms with Gasteiger partial charge in [-0.25, -0.2) is 0 Å². The van der Waals surface area contributed by atoms with Gasteiger partial charge in [-0.15, -0.1) is 0 Å². The highest BCUT2D eigenvalue weighted by molar-refractivity contribution is 5.45. The van der Waals surface area contributed by atoms with Gasteiger partial charge in [-0.1, -0.05) is 19.1 Å². The molecular weight excluding hydrogens is 164 g/mol. The first kappa shape index (κ1) is 10.1. The first-order valence-corrected chi connectivity index (χ1v) is 4.28. The van der Waals surface area contributed by atoms with E-state index >= 15 is 0 Å². The molecular formula is C11H15O2. The summed E-state index contributed by atoms with van der Waals surface area (Å²) in [7, 11) is 1.65. The Morgan fingerprint density at radius 2 is 2.15 bits per heavy atom. The molecule has 1 aromatic rings. The highest BCUT2D eigenvalue weighted by Crippen LogP contribution is 2.25. The summed E-state index contributed by atoms with van der Waals surface area (Å²) in [6.45, 7) is 4.00. The average molecular weight is 179 g/mol. The number of hydrogen-bond acceptors (Lipinski definition) is 2. The average Bonchev–Trinajstić information content (AvgIpc) is 2.17. The van der Waals surface area contributed by atoms with Gasteiger partial charge in [0.1, 0.15) is 5.75 Å².